The van der Waals surface area contributed by atoms with E-state index in [4.69, 9.17) is 31.5 Å². The summed E-state index contributed by atoms with van der Waals surface area (Å²) in [6, 6.07) is 9.06. The Kier molecular flexibility index (Phi) is 4.13. The Morgan fingerprint density at radius 2 is 2.19 bits per heavy atom. The maximum absolute atomic E-state index is 5.79. The zero-order valence-electron chi connectivity index (χ0n) is 11.3. The SMILES string of the molecule is NC[C@@H]1COc2ccc(OCc3ccc(Cl)cn3)cc2O1. The van der Waals surface area contributed by atoms with E-state index in [1.54, 1.807) is 18.3 Å². The van der Waals surface area contributed by atoms with E-state index in [0.29, 0.717) is 42.0 Å². The van der Waals surface area contributed by atoms with E-state index in [0.717, 1.165) is 5.69 Å². The molecular formula is C15H15ClN2O3. The molecule has 2 aromatic rings. The van der Waals surface area contributed by atoms with Gasteiger partial charge in [-0.2, -0.15) is 0 Å². The molecule has 0 aliphatic carbocycles. The van der Waals surface area contributed by atoms with Crippen LogP contribution in [0, 0.1) is 0 Å². The molecule has 6 heteroatoms. The predicted octanol–water partition coefficient (Wildman–Crippen LogP) is 2.41. The van der Waals surface area contributed by atoms with E-state index in [-0.39, 0.29) is 6.10 Å². The fraction of sp³-hybridized carbons (Fsp3) is 0.267. The molecule has 0 bridgehead atoms. The van der Waals surface area contributed by atoms with Crippen molar-refractivity contribution in [3.05, 3.63) is 47.2 Å². The molecule has 1 aliphatic heterocycles. The summed E-state index contributed by atoms with van der Waals surface area (Å²) in [6.45, 7) is 1.24. The van der Waals surface area contributed by atoms with Gasteiger partial charge in [0, 0.05) is 18.8 Å². The van der Waals surface area contributed by atoms with Gasteiger partial charge in [-0.05, 0) is 24.3 Å². The normalized spacial score (nSPS) is 16.6. The summed E-state index contributed by atoms with van der Waals surface area (Å²) < 4.78 is 17.0. The number of benzene rings is 1. The minimum Gasteiger partial charge on any atom is -0.487 e. The van der Waals surface area contributed by atoms with Crippen molar-refractivity contribution in [1.29, 1.82) is 0 Å². The van der Waals surface area contributed by atoms with Gasteiger partial charge < -0.3 is 19.9 Å². The van der Waals surface area contributed by atoms with Crippen molar-refractivity contribution in [2.24, 2.45) is 5.73 Å². The van der Waals surface area contributed by atoms with Crippen molar-refractivity contribution in [2.75, 3.05) is 13.2 Å². The molecule has 0 saturated carbocycles. The van der Waals surface area contributed by atoms with E-state index in [1.807, 2.05) is 18.2 Å². The van der Waals surface area contributed by atoms with Gasteiger partial charge in [-0.15, -0.1) is 0 Å². The number of ether oxygens (including phenoxy) is 3. The first-order chi connectivity index (χ1) is 10.2. The van der Waals surface area contributed by atoms with E-state index in [1.165, 1.54) is 0 Å². The van der Waals surface area contributed by atoms with E-state index < -0.39 is 0 Å². The van der Waals surface area contributed by atoms with Gasteiger partial charge in [-0.1, -0.05) is 11.6 Å². The summed E-state index contributed by atoms with van der Waals surface area (Å²) >= 11 is 5.79. The Balaban J connectivity index is 1.67. The number of nitrogens with zero attached hydrogens (tertiary/aromatic N) is 1. The van der Waals surface area contributed by atoms with Crippen molar-refractivity contribution in [3.8, 4) is 17.2 Å². The first-order valence-corrected chi connectivity index (χ1v) is 6.99. The first-order valence-electron chi connectivity index (χ1n) is 6.61. The lowest BCUT2D eigenvalue weighted by Crippen LogP contribution is -2.35. The Morgan fingerprint density at radius 3 is 2.95 bits per heavy atom. The Morgan fingerprint density at radius 1 is 1.29 bits per heavy atom. The van der Waals surface area contributed by atoms with Crippen molar-refractivity contribution in [3.63, 3.8) is 0 Å². The molecular weight excluding hydrogens is 292 g/mol. The van der Waals surface area contributed by atoms with Crippen molar-refractivity contribution < 1.29 is 14.2 Å². The molecule has 0 unspecified atom stereocenters. The molecule has 0 spiro atoms. The summed E-state index contributed by atoms with van der Waals surface area (Å²) in [7, 11) is 0. The quantitative estimate of drug-likeness (QED) is 0.939. The van der Waals surface area contributed by atoms with Crippen LogP contribution in [0.4, 0.5) is 0 Å². The Hall–Kier alpha value is -1.98. The zero-order chi connectivity index (χ0) is 14.7. The van der Waals surface area contributed by atoms with Gasteiger partial charge in [0.25, 0.3) is 0 Å². The van der Waals surface area contributed by atoms with Gasteiger partial charge in [0.2, 0.25) is 0 Å². The summed E-state index contributed by atoms with van der Waals surface area (Å²) in [5.74, 6) is 2.04. The van der Waals surface area contributed by atoms with Gasteiger partial charge in [0.15, 0.2) is 11.5 Å². The lowest BCUT2D eigenvalue weighted by Gasteiger charge is -2.25. The van der Waals surface area contributed by atoms with Gasteiger partial charge in [0.05, 0.1) is 10.7 Å². The van der Waals surface area contributed by atoms with Crippen LogP contribution < -0.4 is 19.9 Å². The maximum atomic E-state index is 5.79. The molecule has 110 valence electrons. The third-order valence-corrected chi connectivity index (χ3v) is 3.30. The molecule has 3 rings (SSSR count). The molecule has 0 radical (unpaired) electrons. The van der Waals surface area contributed by atoms with E-state index in [2.05, 4.69) is 4.98 Å². The molecule has 1 aromatic heterocycles. The molecule has 1 atom stereocenters. The topological polar surface area (TPSA) is 66.6 Å². The highest BCUT2D eigenvalue weighted by Crippen LogP contribution is 2.35. The number of halogens is 1. The molecule has 2 N–H and O–H groups in total. The minimum absolute atomic E-state index is 0.120. The molecule has 0 saturated heterocycles. The fourth-order valence-corrected chi connectivity index (χ4v) is 2.06. The summed E-state index contributed by atoms with van der Waals surface area (Å²) in [4.78, 5) is 4.18. The minimum atomic E-state index is -0.120. The van der Waals surface area contributed by atoms with Crippen molar-refractivity contribution in [2.45, 2.75) is 12.7 Å². The van der Waals surface area contributed by atoms with Crippen LogP contribution in [0.5, 0.6) is 17.2 Å². The second kappa shape index (κ2) is 6.20. The second-order valence-corrected chi connectivity index (χ2v) is 5.09. The van der Waals surface area contributed by atoms with Crippen LogP contribution in [0.3, 0.4) is 0 Å². The lowest BCUT2D eigenvalue weighted by molar-refractivity contribution is 0.0962. The average molecular weight is 307 g/mol. The van der Waals surface area contributed by atoms with Gasteiger partial charge >= 0.3 is 0 Å². The molecule has 2 heterocycles. The number of aromatic nitrogens is 1. The molecule has 0 amide bonds. The highest BCUT2D eigenvalue weighted by molar-refractivity contribution is 6.30. The predicted molar refractivity (Wildman–Crippen MR) is 79.0 cm³/mol. The first kappa shape index (κ1) is 14.0. The molecule has 1 aliphatic rings. The fourth-order valence-electron chi connectivity index (χ4n) is 1.95. The maximum Gasteiger partial charge on any atom is 0.165 e. The molecule has 21 heavy (non-hydrogen) atoms. The van der Waals surface area contributed by atoms with Crippen molar-refractivity contribution >= 4 is 11.6 Å². The number of rotatable bonds is 4. The molecule has 5 nitrogen and oxygen atoms in total. The zero-order valence-corrected chi connectivity index (χ0v) is 12.0. The van der Waals surface area contributed by atoms with Gasteiger partial charge in [-0.3, -0.25) is 4.98 Å². The van der Waals surface area contributed by atoms with Crippen LogP contribution in [-0.4, -0.2) is 24.2 Å². The van der Waals surface area contributed by atoms with Crippen LogP contribution in [0.25, 0.3) is 0 Å². The third-order valence-electron chi connectivity index (χ3n) is 3.07. The largest absolute Gasteiger partial charge is 0.487 e. The monoisotopic (exact) mass is 306 g/mol. The van der Waals surface area contributed by atoms with Crippen molar-refractivity contribution in [1.82, 2.24) is 4.98 Å². The highest BCUT2D eigenvalue weighted by atomic mass is 35.5. The molecule has 1 aromatic carbocycles. The van der Waals surface area contributed by atoms with Gasteiger partial charge in [0.1, 0.15) is 25.1 Å². The number of hydrogen-bond donors (Lipinski definition) is 1. The van der Waals surface area contributed by atoms with Crippen LogP contribution in [0.1, 0.15) is 5.69 Å². The third kappa shape index (κ3) is 3.37. The lowest BCUT2D eigenvalue weighted by atomic mass is 10.2. The van der Waals surface area contributed by atoms with Crippen LogP contribution in [-0.2, 0) is 6.61 Å². The average Bonchev–Trinajstić information content (AvgIpc) is 2.53. The summed E-state index contributed by atoms with van der Waals surface area (Å²) in [5, 5.41) is 0.603. The Labute approximate surface area is 127 Å². The highest BCUT2D eigenvalue weighted by Gasteiger charge is 2.20. The number of pyridine rings is 1. The standard InChI is InChI=1S/C15H15ClN2O3/c16-10-1-2-11(18-7-10)8-19-12-3-4-14-15(5-12)21-13(6-17)9-20-14/h1-5,7,13H,6,8-9,17H2/t13-/m1/s1. The number of fused-ring (bicyclic) bond motifs is 1. The summed E-state index contributed by atoms with van der Waals surface area (Å²) in [6.07, 6.45) is 1.47. The second-order valence-electron chi connectivity index (χ2n) is 4.65. The molecule has 0 fully saturated rings. The van der Waals surface area contributed by atoms with Crippen LogP contribution >= 0.6 is 11.6 Å². The van der Waals surface area contributed by atoms with Crippen LogP contribution in [0.15, 0.2) is 36.5 Å². The number of nitrogens with two attached hydrogens (primary N) is 1. The summed E-state index contributed by atoms with van der Waals surface area (Å²) in [5.41, 5.74) is 6.39. The smallest absolute Gasteiger partial charge is 0.165 e. The van der Waals surface area contributed by atoms with Gasteiger partial charge in [-0.25, -0.2) is 0 Å². The Bertz CT molecular complexity index is 619. The van der Waals surface area contributed by atoms with E-state index in [9.17, 15) is 0 Å². The van der Waals surface area contributed by atoms with Crippen LogP contribution in [0.2, 0.25) is 5.02 Å². The van der Waals surface area contributed by atoms with E-state index >= 15 is 0 Å². The number of hydrogen-bond acceptors (Lipinski definition) is 5.